The van der Waals surface area contributed by atoms with Gasteiger partial charge in [-0.15, -0.1) is 0 Å². The molecule has 0 bridgehead atoms. The van der Waals surface area contributed by atoms with Crippen molar-refractivity contribution in [2.24, 2.45) is 17.3 Å². The average Bonchev–Trinajstić information content (AvgIpc) is 2.39. The molecule has 2 nitrogen and oxygen atoms in total. The number of carbonyl (C=O) groups excluding carboxylic acids is 1. The molecule has 0 N–H and O–H groups in total. The molecule has 0 saturated heterocycles. The first-order valence-electron chi connectivity index (χ1n) is 7.75. The molecule has 0 aliphatic heterocycles. The Morgan fingerprint density at radius 2 is 1.78 bits per heavy atom. The third kappa shape index (κ3) is 2.89. The highest BCUT2D eigenvalue weighted by Crippen LogP contribution is 2.42. The van der Waals surface area contributed by atoms with E-state index in [4.69, 9.17) is 4.74 Å². The maximum atomic E-state index is 12.2. The second-order valence-electron chi connectivity index (χ2n) is 6.82. The highest BCUT2D eigenvalue weighted by atomic mass is 16.5. The summed E-state index contributed by atoms with van der Waals surface area (Å²) < 4.78 is 5.88. The fourth-order valence-electron chi connectivity index (χ4n) is 3.47. The van der Waals surface area contributed by atoms with E-state index in [0.29, 0.717) is 5.92 Å². The highest BCUT2D eigenvalue weighted by molar-refractivity contribution is 5.76. The maximum absolute atomic E-state index is 12.2. The van der Waals surface area contributed by atoms with Crippen LogP contribution in [0, 0.1) is 17.3 Å². The second-order valence-corrected chi connectivity index (χ2v) is 6.82. The summed E-state index contributed by atoms with van der Waals surface area (Å²) >= 11 is 0. The number of ether oxygens (including phenoxy) is 1. The van der Waals surface area contributed by atoms with Crippen molar-refractivity contribution in [3.63, 3.8) is 0 Å². The van der Waals surface area contributed by atoms with Gasteiger partial charge in [0.15, 0.2) is 0 Å². The van der Waals surface area contributed by atoms with Crippen LogP contribution in [0.15, 0.2) is 0 Å². The van der Waals surface area contributed by atoms with Gasteiger partial charge in [-0.05, 0) is 57.8 Å². The first kappa shape index (κ1) is 13.9. The van der Waals surface area contributed by atoms with Crippen LogP contribution in [0.1, 0.15) is 72.1 Å². The van der Waals surface area contributed by atoms with Gasteiger partial charge in [-0.3, -0.25) is 4.79 Å². The normalized spacial score (nSPS) is 32.7. The Kier molecular flexibility index (Phi) is 4.34. The molecule has 2 saturated carbocycles. The Balaban J connectivity index is 1.97. The summed E-state index contributed by atoms with van der Waals surface area (Å²) in [6, 6.07) is 0. The van der Waals surface area contributed by atoms with Crippen molar-refractivity contribution in [1.82, 2.24) is 0 Å². The minimum absolute atomic E-state index is 0.0150. The van der Waals surface area contributed by atoms with Gasteiger partial charge < -0.3 is 4.74 Å². The largest absolute Gasteiger partial charge is 0.462 e. The molecule has 104 valence electrons. The third-order valence-electron chi connectivity index (χ3n) is 5.20. The predicted octanol–water partition coefficient (Wildman–Crippen LogP) is 4.32. The van der Waals surface area contributed by atoms with Crippen LogP contribution in [-0.2, 0) is 9.53 Å². The lowest BCUT2D eigenvalue weighted by Crippen LogP contribution is -2.40. The van der Waals surface area contributed by atoms with Crippen LogP contribution >= 0.6 is 0 Å². The molecule has 2 heteroatoms. The van der Waals surface area contributed by atoms with Crippen LogP contribution in [0.2, 0.25) is 0 Å². The summed E-state index contributed by atoms with van der Waals surface area (Å²) in [7, 11) is 0. The Hall–Kier alpha value is -0.530. The summed E-state index contributed by atoms with van der Waals surface area (Å²) in [5.41, 5.74) is -0.318. The molecule has 0 aromatic carbocycles. The van der Waals surface area contributed by atoms with Crippen LogP contribution in [0.25, 0.3) is 0 Å². The van der Waals surface area contributed by atoms with Gasteiger partial charge in [-0.2, -0.15) is 0 Å². The topological polar surface area (TPSA) is 26.3 Å². The number of hydrogen-bond acceptors (Lipinski definition) is 2. The lowest BCUT2D eigenvalue weighted by molar-refractivity contribution is -0.167. The average molecular weight is 252 g/mol. The van der Waals surface area contributed by atoms with Gasteiger partial charge in [-0.1, -0.05) is 26.2 Å². The van der Waals surface area contributed by atoms with Crippen LogP contribution in [-0.4, -0.2) is 12.1 Å². The minimum Gasteiger partial charge on any atom is -0.462 e. The Morgan fingerprint density at radius 1 is 1.11 bits per heavy atom. The summed E-state index contributed by atoms with van der Waals surface area (Å²) in [6.45, 7) is 6.05. The Bertz CT molecular complexity index is 293. The molecule has 2 rings (SSSR count). The molecular formula is C16H28O2. The first-order valence-corrected chi connectivity index (χ1v) is 7.75. The fraction of sp³-hybridized carbons (Fsp3) is 0.938. The number of carbonyl (C=O) groups is 1. The first-order chi connectivity index (χ1) is 8.54. The smallest absolute Gasteiger partial charge is 0.311 e. The van der Waals surface area contributed by atoms with Crippen molar-refractivity contribution in [3.8, 4) is 0 Å². The van der Waals surface area contributed by atoms with Crippen molar-refractivity contribution >= 4 is 5.97 Å². The molecule has 2 aliphatic rings. The molecule has 3 atom stereocenters. The van der Waals surface area contributed by atoms with Gasteiger partial charge in [0.1, 0.15) is 6.10 Å². The fourth-order valence-corrected chi connectivity index (χ4v) is 3.47. The van der Waals surface area contributed by atoms with E-state index in [0.717, 1.165) is 18.8 Å². The summed E-state index contributed by atoms with van der Waals surface area (Å²) in [5.74, 6) is 1.50. The van der Waals surface area contributed by atoms with Gasteiger partial charge in [0.05, 0.1) is 5.41 Å². The lowest BCUT2D eigenvalue weighted by Gasteiger charge is -2.41. The van der Waals surface area contributed by atoms with E-state index >= 15 is 0 Å². The molecule has 18 heavy (non-hydrogen) atoms. The van der Waals surface area contributed by atoms with Gasteiger partial charge in [0, 0.05) is 0 Å². The molecular weight excluding hydrogens is 224 g/mol. The molecule has 2 fully saturated rings. The molecule has 0 aromatic rings. The van der Waals surface area contributed by atoms with Crippen molar-refractivity contribution in [2.75, 3.05) is 0 Å². The monoisotopic (exact) mass is 252 g/mol. The zero-order valence-electron chi connectivity index (χ0n) is 12.2. The molecule has 0 aromatic heterocycles. The molecule has 0 heterocycles. The molecule has 0 radical (unpaired) electrons. The van der Waals surface area contributed by atoms with Crippen molar-refractivity contribution < 1.29 is 9.53 Å². The van der Waals surface area contributed by atoms with Crippen LogP contribution in [0.3, 0.4) is 0 Å². The van der Waals surface area contributed by atoms with Gasteiger partial charge in [-0.25, -0.2) is 0 Å². The third-order valence-corrected chi connectivity index (χ3v) is 5.20. The van der Waals surface area contributed by atoms with E-state index in [9.17, 15) is 4.79 Å². The molecule has 2 aliphatic carbocycles. The van der Waals surface area contributed by atoms with Crippen LogP contribution in [0.4, 0.5) is 0 Å². The van der Waals surface area contributed by atoms with E-state index in [1.54, 1.807) is 0 Å². The SMILES string of the molecule is CCC(C)(C)C(=O)OC1CCCC2CCCCC21. The van der Waals surface area contributed by atoms with Gasteiger partial charge in [0.2, 0.25) is 0 Å². The Labute approximate surface area is 111 Å². The molecule has 0 amide bonds. The summed E-state index contributed by atoms with van der Waals surface area (Å²) in [5, 5.41) is 0. The number of rotatable bonds is 3. The van der Waals surface area contributed by atoms with E-state index in [2.05, 4.69) is 6.92 Å². The van der Waals surface area contributed by atoms with E-state index in [-0.39, 0.29) is 17.5 Å². The number of esters is 1. The summed E-state index contributed by atoms with van der Waals surface area (Å²) in [4.78, 5) is 12.2. The standard InChI is InChI=1S/C16H28O2/c1-4-16(2,3)15(17)18-14-11-7-9-12-8-5-6-10-13(12)14/h12-14H,4-11H2,1-3H3. The van der Waals surface area contributed by atoms with Crippen LogP contribution < -0.4 is 0 Å². The van der Waals surface area contributed by atoms with Crippen LogP contribution in [0.5, 0.6) is 0 Å². The summed E-state index contributed by atoms with van der Waals surface area (Å²) in [6.07, 6.45) is 10.1. The minimum atomic E-state index is -0.318. The van der Waals surface area contributed by atoms with Gasteiger partial charge >= 0.3 is 5.97 Å². The quantitative estimate of drug-likeness (QED) is 0.699. The zero-order valence-corrected chi connectivity index (χ0v) is 12.2. The van der Waals surface area contributed by atoms with Gasteiger partial charge in [0.25, 0.3) is 0 Å². The maximum Gasteiger partial charge on any atom is 0.311 e. The zero-order chi connectivity index (χ0) is 13.2. The Morgan fingerprint density at radius 3 is 2.50 bits per heavy atom. The molecule has 0 spiro atoms. The lowest BCUT2D eigenvalue weighted by atomic mass is 9.69. The van der Waals surface area contributed by atoms with E-state index in [1.165, 1.54) is 38.5 Å². The van der Waals surface area contributed by atoms with Crippen molar-refractivity contribution in [3.05, 3.63) is 0 Å². The van der Waals surface area contributed by atoms with E-state index < -0.39 is 0 Å². The highest BCUT2D eigenvalue weighted by Gasteiger charge is 2.39. The number of fused-ring (bicyclic) bond motifs is 1. The van der Waals surface area contributed by atoms with E-state index in [1.807, 2.05) is 13.8 Å². The second kappa shape index (κ2) is 5.63. The predicted molar refractivity (Wildman–Crippen MR) is 73.3 cm³/mol. The number of hydrogen-bond donors (Lipinski definition) is 0. The van der Waals surface area contributed by atoms with Crippen molar-refractivity contribution in [1.29, 1.82) is 0 Å². The molecule has 3 unspecified atom stereocenters. The van der Waals surface area contributed by atoms with Crippen molar-refractivity contribution in [2.45, 2.75) is 78.2 Å².